The quantitative estimate of drug-likeness (QED) is 0.424. The molecule has 2 heterocycles. The van der Waals surface area contributed by atoms with Gasteiger partial charge in [-0.3, -0.25) is 9.69 Å². The Labute approximate surface area is 178 Å². The Morgan fingerprint density at radius 1 is 1.10 bits per heavy atom. The van der Waals surface area contributed by atoms with Gasteiger partial charge in [-0.1, -0.05) is 23.5 Å². The summed E-state index contributed by atoms with van der Waals surface area (Å²) < 4.78 is 6.58. The molecule has 5 rings (SSSR count). The molecule has 6 nitrogen and oxygen atoms in total. The zero-order chi connectivity index (χ0) is 20.5. The molecule has 0 atom stereocenters. The second kappa shape index (κ2) is 7.84. The van der Waals surface area contributed by atoms with Gasteiger partial charge in [0, 0.05) is 12.1 Å². The van der Waals surface area contributed by atoms with E-state index in [1.807, 2.05) is 55.5 Å². The molecule has 7 heteroatoms. The van der Waals surface area contributed by atoms with Crippen molar-refractivity contribution in [3.63, 3.8) is 0 Å². The van der Waals surface area contributed by atoms with Crippen molar-refractivity contribution in [2.24, 2.45) is 0 Å². The second-order valence-corrected chi connectivity index (χ2v) is 8.12. The van der Waals surface area contributed by atoms with Gasteiger partial charge in [0.2, 0.25) is 0 Å². The van der Waals surface area contributed by atoms with E-state index in [4.69, 9.17) is 9.72 Å². The van der Waals surface area contributed by atoms with E-state index in [1.165, 1.54) is 11.3 Å². The van der Waals surface area contributed by atoms with Crippen LogP contribution in [0.25, 0.3) is 10.2 Å². The highest BCUT2D eigenvalue weighted by molar-refractivity contribution is 7.22. The maximum atomic E-state index is 13.6. The summed E-state index contributed by atoms with van der Waals surface area (Å²) >= 11 is 1.48. The minimum absolute atomic E-state index is 0.220. The summed E-state index contributed by atoms with van der Waals surface area (Å²) in [5.41, 5.74) is 1.96. The van der Waals surface area contributed by atoms with Crippen molar-refractivity contribution in [3.8, 4) is 5.75 Å². The van der Waals surface area contributed by atoms with Crippen LogP contribution in [0, 0.1) is 0 Å². The third-order valence-electron chi connectivity index (χ3n) is 4.92. The van der Waals surface area contributed by atoms with Crippen molar-refractivity contribution in [1.82, 2.24) is 15.0 Å². The fraction of sp³-hybridized carbons (Fsp3) is 0.217. The minimum Gasteiger partial charge on any atom is -0.494 e. The Kier molecular flexibility index (Phi) is 4.88. The first kappa shape index (κ1) is 18.7. The lowest BCUT2D eigenvalue weighted by Gasteiger charge is -2.20. The number of benzene rings is 2. The molecule has 1 amide bonds. The number of ether oxygens (including phenoxy) is 1. The van der Waals surface area contributed by atoms with Crippen molar-refractivity contribution >= 4 is 38.3 Å². The van der Waals surface area contributed by atoms with Crippen LogP contribution < -0.4 is 9.64 Å². The number of anilines is 2. The number of aromatic nitrogens is 3. The van der Waals surface area contributed by atoms with Gasteiger partial charge in [0.15, 0.2) is 5.13 Å². The lowest BCUT2D eigenvalue weighted by atomic mass is 10.2. The number of thiazole rings is 1. The van der Waals surface area contributed by atoms with Gasteiger partial charge >= 0.3 is 0 Å². The van der Waals surface area contributed by atoms with Crippen LogP contribution in [0.1, 0.15) is 42.0 Å². The first-order valence-electron chi connectivity index (χ1n) is 9.99. The van der Waals surface area contributed by atoms with Crippen molar-refractivity contribution in [2.75, 3.05) is 11.5 Å². The van der Waals surface area contributed by atoms with Gasteiger partial charge in [-0.15, -0.1) is 0 Å². The number of rotatable bonds is 6. The van der Waals surface area contributed by atoms with Crippen LogP contribution in [0.4, 0.5) is 10.8 Å². The van der Waals surface area contributed by atoms with E-state index in [2.05, 4.69) is 9.97 Å². The lowest BCUT2D eigenvalue weighted by Crippen LogP contribution is -2.27. The molecule has 0 aliphatic heterocycles. The average Bonchev–Trinajstić information content (AvgIpc) is 3.55. The molecule has 0 saturated heterocycles. The van der Waals surface area contributed by atoms with Gasteiger partial charge < -0.3 is 4.74 Å². The molecular formula is C23H20N4O2S. The number of carbonyl (C=O) groups is 1. The summed E-state index contributed by atoms with van der Waals surface area (Å²) in [5.74, 6) is 1.66. The monoisotopic (exact) mass is 416 g/mol. The molecule has 1 aliphatic carbocycles. The number of amides is 1. The summed E-state index contributed by atoms with van der Waals surface area (Å²) in [4.78, 5) is 28.8. The van der Waals surface area contributed by atoms with E-state index >= 15 is 0 Å². The van der Waals surface area contributed by atoms with Gasteiger partial charge in [-0.2, -0.15) is 0 Å². The Morgan fingerprint density at radius 2 is 1.90 bits per heavy atom. The first-order chi connectivity index (χ1) is 14.7. The Hall–Kier alpha value is -3.32. The van der Waals surface area contributed by atoms with Crippen molar-refractivity contribution < 1.29 is 9.53 Å². The van der Waals surface area contributed by atoms with Crippen molar-refractivity contribution in [3.05, 3.63) is 72.3 Å². The molecule has 2 aromatic heterocycles. The zero-order valence-corrected chi connectivity index (χ0v) is 17.3. The summed E-state index contributed by atoms with van der Waals surface area (Å²) in [5, 5.41) is 0.608. The maximum Gasteiger partial charge on any atom is 0.283 e. The Balaban J connectivity index is 1.58. The van der Waals surface area contributed by atoms with Crippen LogP contribution in [0.3, 0.4) is 0 Å². The van der Waals surface area contributed by atoms with Crippen molar-refractivity contribution in [2.45, 2.75) is 25.7 Å². The molecule has 0 spiro atoms. The maximum absolute atomic E-state index is 13.6. The van der Waals surface area contributed by atoms with E-state index in [0.29, 0.717) is 29.0 Å². The number of nitrogens with zero attached hydrogens (tertiary/aromatic N) is 4. The predicted octanol–water partition coefficient (Wildman–Crippen LogP) is 5.34. The molecular weight excluding hydrogens is 396 g/mol. The SMILES string of the molecule is CCOc1ccc(N(C(=O)c2ccnc(C3CC3)n2)c2nc3ccccc3s2)cc1. The molecule has 0 N–H and O–H groups in total. The summed E-state index contributed by atoms with van der Waals surface area (Å²) in [6, 6.07) is 17.0. The highest BCUT2D eigenvalue weighted by Gasteiger charge is 2.29. The third-order valence-corrected chi connectivity index (χ3v) is 5.94. The smallest absolute Gasteiger partial charge is 0.283 e. The molecule has 30 heavy (non-hydrogen) atoms. The third kappa shape index (κ3) is 3.64. The summed E-state index contributed by atoms with van der Waals surface area (Å²) in [6.45, 7) is 2.53. The van der Waals surface area contributed by atoms with E-state index in [1.54, 1.807) is 17.2 Å². The number of hydrogen-bond acceptors (Lipinski definition) is 6. The fourth-order valence-corrected chi connectivity index (χ4v) is 4.26. The van der Waals surface area contributed by atoms with Gasteiger partial charge in [0.1, 0.15) is 17.3 Å². The van der Waals surface area contributed by atoms with Gasteiger partial charge in [0.25, 0.3) is 5.91 Å². The molecule has 0 unspecified atom stereocenters. The van der Waals surface area contributed by atoms with Gasteiger partial charge in [0.05, 0.1) is 22.5 Å². The fourth-order valence-electron chi connectivity index (χ4n) is 3.27. The van der Waals surface area contributed by atoms with Crippen LogP contribution in [-0.2, 0) is 0 Å². The topological polar surface area (TPSA) is 68.2 Å². The van der Waals surface area contributed by atoms with E-state index < -0.39 is 0 Å². The molecule has 4 aromatic rings. The number of hydrogen-bond donors (Lipinski definition) is 0. The second-order valence-electron chi connectivity index (χ2n) is 7.11. The van der Waals surface area contributed by atoms with Gasteiger partial charge in [-0.05, 0) is 62.2 Å². The summed E-state index contributed by atoms with van der Waals surface area (Å²) in [7, 11) is 0. The van der Waals surface area contributed by atoms with Crippen LogP contribution >= 0.6 is 11.3 Å². The Bertz CT molecular complexity index is 1170. The molecule has 1 saturated carbocycles. The molecule has 0 bridgehead atoms. The van der Waals surface area contributed by atoms with E-state index in [9.17, 15) is 4.79 Å². The minimum atomic E-state index is -0.220. The van der Waals surface area contributed by atoms with E-state index in [0.717, 1.165) is 34.6 Å². The molecule has 0 radical (unpaired) electrons. The highest BCUT2D eigenvalue weighted by Crippen LogP contribution is 2.38. The number of carbonyl (C=O) groups excluding carboxylic acids is 1. The molecule has 2 aromatic carbocycles. The Morgan fingerprint density at radius 3 is 2.63 bits per heavy atom. The molecule has 1 fully saturated rings. The number of fused-ring (bicyclic) bond motifs is 1. The normalized spacial score (nSPS) is 13.4. The van der Waals surface area contributed by atoms with Crippen LogP contribution in [0.5, 0.6) is 5.75 Å². The molecule has 1 aliphatic rings. The standard InChI is InChI=1S/C23H20N4O2S/c1-2-29-17-11-9-16(10-12-17)27(23-26-18-5-3-4-6-20(18)30-23)22(28)19-13-14-24-21(25-19)15-7-8-15/h3-6,9-15H,2,7-8H2,1H3. The molecule has 150 valence electrons. The predicted molar refractivity (Wildman–Crippen MR) is 118 cm³/mol. The van der Waals surface area contributed by atoms with Crippen LogP contribution in [0.2, 0.25) is 0 Å². The number of para-hydroxylation sites is 1. The van der Waals surface area contributed by atoms with Crippen LogP contribution in [0.15, 0.2) is 60.8 Å². The largest absolute Gasteiger partial charge is 0.494 e. The average molecular weight is 417 g/mol. The van der Waals surface area contributed by atoms with Crippen molar-refractivity contribution in [1.29, 1.82) is 0 Å². The van der Waals surface area contributed by atoms with E-state index in [-0.39, 0.29) is 5.91 Å². The summed E-state index contributed by atoms with van der Waals surface area (Å²) in [6.07, 6.45) is 3.83. The highest BCUT2D eigenvalue weighted by atomic mass is 32.1. The van der Waals surface area contributed by atoms with Gasteiger partial charge in [-0.25, -0.2) is 15.0 Å². The zero-order valence-electron chi connectivity index (χ0n) is 16.5. The lowest BCUT2D eigenvalue weighted by molar-refractivity contribution is 0.0994. The van der Waals surface area contributed by atoms with Crippen LogP contribution in [-0.4, -0.2) is 27.5 Å². The first-order valence-corrected chi connectivity index (χ1v) is 10.8.